The fourth-order valence-electron chi connectivity index (χ4n) is 2.33. The second-order valence-corrected chi connectivity index (χ2v) is 4.88. The van der Waals surface area contributed by atoms with Crippen molar-refractivity contribution >= 4 is 11.4 Å². The lowest BCUT2D eigenvalue weighted by Gasteiger charge is -2.15. The molecule has 1 heterocycles. The maximum atomic E-state index is 11.1. The SMILES string of the molecule is Cc1ccc(NC(C)c2c(C)noc2C)c([N+](=O)[O-])c1. The second-order valence-electron chi connectivity index (χ2n) is 4.88. The molecule has 0 bridgehead atoms. The second kappa shape index (κ2) is 5.32. The number of aryl methyl sites for hydroxylation is 3. The molecule has 0 saturated carbocycles. The molecule has 0 aliphatic heterocycles. The average Bonchev–Trinajstić information content (AvgIpc) is 2.71. The van der Waals surface area contributed by atoms with E-state index < -0.39 is 0 Å². The number of hydrogen-bond acceptors (Lipinski definition) is 5. The Morgan fingerprint density at radius 1 is 1.35 bits per heavy atom. The van der Waals surface area contributed by atoms with Crippen molar-refractivity contribution in [3.05, 3.63) is 50.9 Å². The molecule has 0 radical (unpaired) electrons. The maximum Gasteiger partial charge on any atom is 0.292 e. The van der Waals surface area contributed by atoms with Crippen LogP contribution in [0.3, 0.4) is 0 Å². The molecule has 2 rings (SSSR count). The standard InChI is InChI=1S/C14H17N3O3/c1-8-5-6-12(13(7-8)17(18)19)15-9(2)14-10(3)16-20-11(14)4/h5-7,9,15H,1-4H3. The van der Waals surface area contributed by atoms with Crippen molar-refractivity contribution in [2.75, 3.05) is 5.32 Å². The van der Waals surface area contributed by atoms with Gasteiger partial charge in [0.15, 0.2) is 0 Å². The zero-order chi connectivity index (χ0) is 14.9. The maximum absolute atomic E-state index is 11.1. The molecule has 0 amide bonds. The molecule has 106 valence electrons. The Morgan fingerprint density at radius 3 is 2.60 bits per heavy atom. The van der Waals surface area contributed by atoms with Crippen LogP contribution in [0.25, 0.3) is 0 Å². The number of benzene rings is 1. The summed E-state index contributed by atoms with van der Waals surface area (Å²) in [6.45, 7) is 7.44. The van der Waals surface area contributed by atoms with Gasteiger partial charge in [-0.3, -0.25) is 10.1 Å². The van der Waals surface area contributed by atoms with Gasteiger partial charge in [-0.15, -0.1) is 0 Å². The summed E-state index contributed by atoms with van der Waals surface area (Å²) in [6.07, 6.45) is 0. The lowest BCUT2D eigenvalue weighted by Crippen LogP contribution is -2.10. The summed E-state index contributed by atoms with van der Waals surface area (Å²) in [7, 11) is 0. The first kappa shape index (κ1) is 14.0. The molecule has 2 aromatic rings. The van der Waals surface area contributed by atoms with Crippen LogP contribution in [0.5, 0.6) is 0 Å². The summed E-state index contributed by atoms with van der Waals surface area (Å²) in [5, 5.41) is 18.2. The Kier molecular flexibility index (Phi) is 3.74. The van der Waals surface area contributed by atoms with Crippen LogP contribution >= 0.6 is 0 Å². The van der Waals surface area contributed by atoms with Crippen LogP contribution in [0.2, 0.25) is 0 Å². The molecule has 1 atom stereocenters. The van der Waals surface area contributed by atoms with Crippen molar-refractivity contribution in [1.82, 2.24) is 5.16 Å². The summed E-state index contributed by atoms with van der Waals surface area (Å²) < 4.78 is 5.13. The van der Waals surface area contributed by atoms with Crippen LogP contribution < -0.4 is 5.32 Å². The molecule has 1 N–H and O–H groups in total. The quantitative estimate of drug-likeness (QED) is 0.680. The number of nitro benzene ring substituents is 1. The van der Waals surface area contributed by atoms with E-state index in [1.807, 2.05) is 33.8 Å². The molecule has 1 unspecified atom stereocenters. The summed E-state index contributed by atoms with van der Waals surface area (Å²) in [4.78, 5) is 10.7. The van der Waals surface area contributed by atoms with Gasteiger partial charge in [0.1, 0.15) is 11.4 Å². The highest BCUT2D eigenvalue weighted by molar-refractivity contribution is 5.63. The first-order valence-electron chi connectivity index (χ1n) is 6.34. The van der Waals surface area contributed by atoms with Crippen molar-refractivity contribution in [2.45, 2.75) is 33.7 Å². The number of rotatable bonds is 4. The number of hydrogen-bond donors (Lipinski definition) is 1. The number of anilines is 1. The van der Waals surface area contributed by atoms with Gasteiger partial charge in [0.2, 0.25) is 0 Å². The lowest BCUT2D eigenvalue weighted by molar-refractivity contribution is -0.384. The smallest absolute Gasteiger partial charge is 0.292 e. The van der Waals surface area contributed by atoms with Crippen molar-refractivity contribution < 1.29 is 9.45 Å². The van der Waals surface area contributed by atoms with E-state index in [0.29, 0.717) is 5.69 Å². The highest BCUT2D eigenvalue weighted by Crippen LogP contribution is 2.30. The zero-order valence-electron chi connectivity index (χ0n) is 11.9. The molecule has 1 aromatic heterocycles. The van der Waals surface area contributed by atoms with Crippen molar-refractivity contribution in [3.63, 3.8) is 0 Å². The molecule has 0 saturated heterocycles. The highest BCUT2D eigenvalue weighted by Gasteiger charge is 2.20. The summed E-state index contributed by atoms with van der Waals surface area (Å²) in [6, 6.07) is 5.00. The van der Waals surface area contributed by atoms with Gasteiger partial charge in [0, 0.05) is 11.6 Å². The van der Waals surface area contributed by atoms with E-state index in [2.05, 4.69) is 10.5 Å². The van der Waals surface area contributed by atoms with Crippen LogP contribution in [0, 0.1) is 30.9 Å². The molecule has 20 heavy (non-hydrogen) atoms. The third kappa shape index (κ3) is 2.64. The van der Waals surface area contributed by atoms with E-state index in [9.17, 15) is 10.1 Å². The van der Waals surface area contributed by atoms with Crippen molar-refractivity contribution in [2.24, 2.45) is 0 Å². The van der Waals surface area contributed by atoms with E-state index in [0.717, 1.165) is 22.6 Å². The molecule has 0 spiro atoms. The van der Waals surface area contributed by atoms with Crippen LogP contribution in [0.1, 0.15) is 35.5 Å². The average molecular weight is 275 g/mol. The molecule has 0 fully saturated rings. The van der Waals surface area contributed by atoms with E-state index in [1.165, 1.54) is 0 Å². The Morgan fingerprint density at radius 2 is 2.05 bits per heavy atom. The minimum atomic E-state index is -0.380. The van der Waals surface area contributed by atoms with Crippen molar-refractivity contribution in [1.29, 1.82) is 0 Å². The molecule has 6 heteroatoms. The van der Waals surface area contributed by atoms with Crippen LogP contribution in [-0.2, 0) is 0 Å². The Labute approximate surface area is 116 Å². The third-order valence-electron chi connectivity index (χ3n) is 3.24. The van der Waals surface area contributed by atoms with Gasteiger partial charge < -0.3 is 9.84 Å². The van der Waals surface area contributed by atoms with Gasteiger partial charge in [-0.05, 0) is 39.3 Å². The van der Waals surface area contributed by atoms with Gasteiger partial charge >= 0.3 is 0 Å². The zero-order valence-corrected chi connectivity index (χ0v) is 11.9. The van der Waals surface area contributed by atoms with E-state index in [4.69, 9.17) is 4.52 Å². The van der Waals surface area contributed by atoms with Gasteiger partial charge in [0.05, 0.1) is 16.7 Å². The minimum Gasteiger partial charge on any atom is -0.373 e. The topological polar surface area (TPSA) is 81.2 Å². The van der Waals surface area contributed by atoms with E-state index >= 15 is 0 Å². The van der Waals surface area contributed by atoms with Gasteiger partial charge in [-0.25, -0.2) is 0 Å². The van der Waals surface area contributed by atoms with Crippen molar-refractivity contribution in [3.8, 4) is 0 Å². The summed E-state index contributed by atoms with van der Waals surface area (Å²) in [5.41, 5.74) is 3.14. The van der Waals surface area contributed by atoms with Gasteiger partial charge in [-0.2, -0.15) is 0 Å². The van der Waals surface area contributed by atoms with Crippen LogP contribution in [-0.4, -0.2) is 10.1 Å². The molecule has 6 nitrogen and oxygen atoms in total. The first-order valence-corrected chi connectivity index (χ1v) is 6.34. The number of nitro groups is 1. The molecule has 1 aromatic carbocycles. The summed E-state index contributed by atoms with van der Waals surface area (Å²) >= 11 is 0. The number of nitrogens with one attached hydrogen (secondary N) is 1. The number of nitrogens with zero attached hydrogens (tertiary/aromatic N) is 2. The molecular formula is C14H17N3O3. The van der Waals surface area contributed by atoms with Crippen LogP contribution in [0.15, 0.2) is 22.7 Å². The predicted octanol–water partition coefficient (Wildman–Crippen LogP) is 3.68. The highest BCUT2D eigenvalue weighted by atomic mass is 16.6. The fourth-order valence-corrected chi connectivity index (χ4v) is 2.33. The predicted molar refractivity (Wildman–Crippen MR) is 75.8 cm³/mol. The van der Waals surface area contributed by atoms with Gasteiger partial charge in [-0.1, -0.05) is 11.2 Å². The van der Waals surface area contributed by atoms with E-state index in [1.54, 1.807) is 12.1 Å². The first-order chi connectivity index (χ1) is 9.40. The fraction of sp³-hybridized carbons (Fsp3) is 0.357. The summed E-state index contributed by atoms with van der Waals surface area (Å²) in [5.74, 6) is 0.720. The van der Waals surface area contributed by atoms with Gasteiger partial charge in [0.25, 0.3) is 5.69 Å². The number of aromatic nitrogens is 1. The monoisotopic (exact) mass is 275 g/mol. The molecule has 0 aliphatic carbocycles. The molecule has 0 aliphatic rings. The van der Waals surface area contributed by atoms with E-state index in [-0.39, 0.29) is 16.7 Å². The van der Waals surface area contributed by atoms with Crippen LogP contribution in [0.4, 0.5) is 11.4 Å². The lowest BCUT2D eigenvalue weighted by atomic mass is 10.1. The third-order valence-corrected chi connectivity index (χ3v) is 3.24. The Bertz CT molecular complexity index is 630. The Balaban J connectivity index is 2.33. The Hall–Kier alpha value is -2.37. The molecular weight excluding hydrogens is 258 g/mol. The minimum absolute atomic E-state index is 0.0728. The normalized spacial score (nSPS) is 12.2. The largest absolute Gasteiger partial charge is 0.373 e.